The highest BCUT2D eigenvalue weighted by molar-refractivity contribution is 5.63. The van der Waals surface area contributed by atoms with Gasteiger partial charge in [0.25, 0.3) is 5.56 Å². The maximum atomic E-state index is 11.7. The lowest BCUT2D eigenvalue weighted by molar-refractivity contribution is 0.271. The van der Waals surface area contributed by atoms with Gasteiger partial charge in [-0.2, -0.15) is 5.26 Å². The Morgan fingerprint density at radius 2 is 1.78 bits per heavy atom. The molecule has 0 atom stereocenters. The fourth-order valence-electron chi connectivity index (χ4n) is 2.90. The van der Waals surface area contributed by atoms with Crippen molar-refractivity contribution in [1.29, 1.82) is 5.26 Å². The Morgan fingerprint density at radius 1 is 1.09 bits per heavy atom. The normalized spacial score (nSPS) is 15.4. The maximum absolute atomic E-state index is 11.7. The summed E-state index contributed by atoms with van der Waals surface area (Å²) in [6.07, 6.45) is 0. The molecular weight excluding hydrogens is 288 g/mol. The Bertz CT molecular complexity index is 765. The van der Waals surface area contributed by atoms with E-state index in [2.05, 4.69) is 33.8 Å². The number of aromatic amines is 1. The van der Waals surface area contributed by atoms with Gasteiger partial charge in [-0.1, -0.05) is 19.1 Å². The summed E-state index contributed by atoms with van der Waals surface area (Å²) in [6, 6.07) is 13.4. The number of likely N-dealkylation sites (N-methyl/N-ethyl adjacent to an activating group) is 1. The molecule has 0 radical (unpaired) electrons. The lowest BCUT2D eigenvalue weighted by Crippen LogP contribution is -2.46. The largest absolute Gasteiger partial charge is 0.369 e. The second-order valence-corrected chi connectivity index (χ2v) is 5.69. The highest BCUT2D eigenvalue weighted by Gasteiger charge is 2.15. The quantitative estimate of drug-likeness (QED) is 0.942. The Balaban J connectivity index is 1.76. The average molecular weight is 308 g/mol. The second-order valence-electron chi connectivity index (χ2n) is 5.69. The third-order valence-electron chi connectivity index (χ3n) is 4.39. The van der Waals surface area contributed by atoms with Crippen LogP contribution in [0.25, 0.3) is 11.3 Å². The van der Waals surface area contributed by atoms with E-state index in [9.17, 15) is 4.79 Å². The molecule has 23 heavy (non-hydrogen) atoms. The van der Waals surface area contributed by atoms with Gasteiger partial charge in [-0.3, -0.25) is 4.79 Å². The zero-order valence-corrected chi connectivity index (χ0v) is 13.2. The fourth-order valence-corrected chi connectivity index (χ4v) is 2.90. The van der Waals surface area contributed by atoms with E-state index in [1.165, 1.54) is 5.69 Å². The van der Waals surface area contributed by atoms with Gasteiger partial charge >= 0.3 is 0 Å². The predicted octanol–water partition coefficient (Wildman–Crippen LogP) is 2.06. The lowest BCUT2D eigenvalue weighted by Gasteiger charge is -2.35. The van der Waals surface area contributed by atoms with Crippen molar-refractivity contribution in [3.05, 3.63) is 52.3 Å². The minimum Gasteiger partial charge on any atom is -0.369 e. The van der Waals surface area contributed by atoms with Crippen LogP contribution in [0.2, 0.25) is 0 Å². The molecule has 1 aliphatic rings. The van der Waals surface area contributed by atoms with Crippen LogP contribution in [0, 0.1) is 11.3 Å². The Morgan fingerprint density at radius 3 is 2.35 bits per heavy atom. The number of rotatable bonds is 3. The van der Waals surface area contributed by atoms with Crippen LogP contribution in [0.4, 0.5) is 5.69 Å². The number of hydrogen-bond acceptors (Lipinski definition) is 4. The van der Waals surface area contributed by atoms with Crippen LogP contribution in [0.1, 0.15) is 12.5 Å². The van der Waals surface area contributed by atoms with Crippen molar-refractivity contribution in [2.24, 2.45) is 0 Å². The Kier molecular flexibility index (Phi) is 4.45. The van der Waals surface area contributed by atoms with E-state index < -0.39 is 0 Å². The summed E-state index contributed by atoms with van der Waals surface area (Å²) >= 11 is 0. The van der Waals surface area contributed by atoms with Gasteiger partial charge in [0.1, 0.15) is 11.6 Å². The first-order valence-corrected chi connectivity index (χ1v) is 7.92. The summed E-state index contributed by atoms with van der Waals surface area (Å²) in [6.45, 7) is 7.59. The van der Waals surface area contributed by atoms with Gasteiger partial charge in [-0.05, 0) is 36.4 Å². The van der Waals surface area contributed by atoms with E-state index in [1.807, 2.05) is 18.2 Å². The zero-order chi connectivity index (χ0) is 16.2. The predicted molar refractivity (Wildman–Crippen MR) is 91.5 cm³/mol. The van der Waals surface area contributed by atoms with Gasteiger partial charge in [0.05, 0.1) is 0 Å². The van der Waals surface area contributed by atoms with Crippen LogP contribution in [-0.2, 0) is 0 Å². The van der Waals surface area contributed by atoms with E-state index in [0.29, 0.717) is 0 Å². The molecule has 5 heteroatoms. The van der Waals surface area contributed by atoms with Gasteiger partial charge < -0.3 is 14.8 Å². The summed E-state index contributed by atoms with van der Waals surface area (Å²) in [5.41, 5.74) is 2.68. The molecule has 2 aromatic rings. The topological polar surface area (TPSA) is 63.1 Å². The summed E-state index contributed by atoms with van der Waals surface area (Å²) in [4.78, 5) is 19.3. The summed E-state index contributed by atoms with van der Waals surface area (Å²) < 4.78 is 0. The SMILES string of the molecule is CCN1CCN(c2ccc(-c3ccc(C#N)c(=O)[nH]3)cc2)CC1. The molecule has 5 nitrogen and oxygen atoms in total. The Labute approximate surface area is 135 Å². The first kappa shape index (κ1) is 15.3. The average Bonchev–Trinajstić information content (AvgIpc) is 2.62. The van der Waals surface area contributed by atoms with Crippen LogP contribution in [0.15, 0.2) is 41.2 Å². The van der Waals surface area contributed by atoms with E-state index >= 15 is 0 Å². The summed E-state index contributed by atoms with van der Waals surface area (Å²) in [5, 5.41) is 8.82. The number of anilines is 1. The van der Waals surface area contributed by atoms with Crippen LogP contribution >= 0.6 is 0 Å². The molecule has 0 amide bonds. The van der Waals surface area contributed by atoms with Crippen molar-refractivity contribution >= 4 is 5.69 Å². The van der Waals surface area contributed by atoms with Crippen molar-refractivity contribution < 1.29 is 0 Å². The van der Waals surface area contributed by atoms with Crippen LogP contribution in [-0.4, -0.2) is 42.6 Å². The van der Waals surface area contributed by atoms with Crippen molar-refractivity contribution in [3.8, 4) is 17.3 Å². The Hall–Kier alpha value is -2.58. The van der Waals surface area contributed by atoms with Crippen molar-refractivity contribution in [1.82, 2.24) is 9.88 Å². The number of pyridine rings is 1. The smallest absolute Gasteiger partial charge is 0.266 e. The van der Waals surface area contributed by atoms with Gasteiger partial charge in [-0.25, -0.2) is 0 Å². The molecule has 1 aromatic heterocycles. The van der Waals surface area contributed by atoms with E-state index in [4.69, 9.17) is 5.26 Å². The van der Waals surface area contributed by atoms with E-state index in [1.54, 1.807) is 12.1 Å². The highest BCUT2D eigenvalue weighted by atomic mass is 16.1. The molecule has 0 unspecified atom stereocenters. The molecule has 0 bridgehead atoms. The standard InChI is InChI=1S/C18H20N4O/c1-2-21-9-11-22(12-10-21)16-6-3-14(4-7-16)17-8-5-15(13-19)18(23)20-17/h3-8H,2,9-12H2,1H3,(H,20,23). The van der Waals surface area contributed by atoms with Crippen molar-refractivity contribution in [3.63, 3.8) is 0 Å². The van der Waals surface area contributed by atoms with Gasteiger partial charge in [-0.15, -0.1) is 0 Å². The number of H-pyrrole nitrogens is 1. The second kappa shape index (κ2) is 6.67. The molecule has 0 saturated carbocycles. The summed E-state index contributed by atoms with van der Waals surface area (Å²) in [5.74, 6) is 0. The molecular formula is C18H20N4O. The van der Waals surface area contributed by atoms with Crippen molar-refractivity contribution in [2.45, 2.75) is 6.92 Å². The third kappa shape index (κ3) is 3.27. The number of nitriles is 1. The third-order valence-corrected chi connectivity index (χ3v) is 4.39. The lowest BCUT2D eigenvalue weighted by atomic mass is 10.1. The highest BCUT2D eigenvalue weighted by Crippen LogP contribution is 2.22. The number of piperazine rings is 1. The monoisotopic (exact) mass is 308 g/mol. The van der Waals surface area contributed by atoms with Crippen molar-refractivity contribution in [2.75, 3.05) is 37.6 Å². The molecule has 1 saturated heterocycles. The van der Waals surface area contributed by atoms with E-state index in [0.717, 1.165) is 44.0 Å². The van der Waals surface area contributed by atoms with Gasteiger partial charge in [0.15, 0.2) is 0 Å². The molecule has 2 heterocycles. The molecule has 3 rings (SSSR count). The molecule has 0 aliphatic carbocycles. The molecule has 1 aromatic carbocycles. The number of hydrogen-bond donors (Lipinski definition) is 1. The number of benzene rings is 1. The first-order chi connectivity index (χ1) is 11.2. The molecule has 1 fully saturated rings. The molecule has 1 N–H and O–H groups in total. The first-order valence-electron chi connectivity index (χ1n) is 7.92. The molecule has 118 valence electrons. The molecule has 1 aliphatic heterocycles. The van der Waals surface area contributed by atoms with Gasteiger partial charge in [0.2, 0.25) is 0 Å². The number of nitrogens with one attached hydrogen (secondary N) is 1. The number of nitrogens with zero attached hydrogens (tertiary/aromatic N) is 3. The number of aromatic nitrogens is 1. The fraction of sp³-hybridized carbons (Fsp3) is 0.333. The minimum absolute atomic E-state index is 0.138. The minimum atomic E-state index is -0.343. The van der Waals surface area contributed by atoms with Gasteiger partial charge in [0, 0.05) is 37.6 Å². The van der Waals surface area contributed by atoms with E-state index in [-0.39, 0.29) is 11.1 Å². The maximum Gasteiger partial charge on any atom is 0.266 e. The van der Waals surface area contributed by atoms with Crippen LogP contribution in [0.3, 0.4) is 0 Å². The van der Waals surface area contributed by atoms with Crippen LogP contribution < -0.4 is 10.5 Å². The summed E-state index contributed by atoms with van der Waals surface area (Å²) in [7, 11) is 0. The van der Waals surface area contributed by atoms with Crippen LogP contribution in [0.5, 0.6) is 0 Å². The molecule has 0 spiro atoms. The zero-order valence-electron chi connectivity index (χ0n) is 13.2.